The summed E-state index contributed by atoms with van der Waals surface area (Å²) in [5.41, 5.74) is 0.432. The van der Waals surface area contributed by atoms with Crippen LogP contribution in [-0.4, -0.2) is 37.9 Å². The highest BCUT2D eigenvalue weighted by Crippen LogP contribution is 2.48. The number of ether oxygens (including phenoxy) is 3. The second-order valence-electron chi connectivity index (χ2n) is 8.81. The molecule has 0 atom stereocenters. The fraction of sp³-hybridized carbons (Fsp3) is 0.207. The van der Waals surface area contributed by atoms with E-state index in [0.29, 0.717) is 52.8 Å². The van der Waals surface area contributed by atoms with Gasteiger partial charge in [-0.3, -0.25) is 14.6 Å². The van der Waals surface area contributed by atoms with Crippen LogP contribution in [0, 0.1) is 11.2 Å². The lowest BCUT2D eigenvalue weighted by atomic mass is 10.0. The summed E-state index contributed by atoms with van der Waals surface area (Å²) in [4.78, 5) is 29.9. The molecule has 0 unspecified atom stereocenters. The van der Waals surface area contributed by atoms with Crippen LogP contribution in [0.25, 0.3) is 5.76 Å². The number of phenolic OH excluding ortho intramolecular Hbond substituents is 1. The van der Waals surface area contributed by atoms with Gasteiger partial charge in [0.2, 0.25) is 11.8 Å². The first-order chi connectivity index (χ1) is 18.7. The second kappa shape index (κ2) is 11.3. The fourth-order valence-electron chi connectivity index (χ4n) is 3.98. The number of allylic oxidation sites excluding steroid dienone is 1. The average molecular weight is 534 g/mol. The largest absolute Gasteiger partial charge is 0.506 e. The van der Waals surface area contributed by atoms with Crippen molar-refractivity contribution >= 4 is 41.4 Å². The van der Waals surface area contributed by atoms with Gasteiger partial charge in [-0.15, -0.1) is 0 Å². The third-order valence-corrected chi connectivity index (χ3v) is 6.37. The quantitative estimate of drug-likeness (QED) is 0.134. The van der Waals surface area contributed by atoms with Gasteiger partial charge >= 0.3 is 0 Å². The van der Waals surface area contributed by atoms with Crippen LogP contribution in [0.1, 0.15) is 25.3 Å². The number of hydrogen-bond donors (Lipinski definition) is 3. The van der Waals surface area contributed by atoms with Gasteiger partial charge in [0, 0.05) is 23.4 Å². The zero-order valence-electron chi connectivity index (χ0n) is 21.7. The van der Waals surface area contributed by atoms with Gasteiger partial charge in [-0.05, 0) is 75.0 Å². The molecule has 3 aromatic carbocycles. The van der Waals surface area contributed by atoms with Crippen molar-refractivity contribution < 1.29 is 33.3 Å². The molecule has 1 aliphatic rings. The number of methoxy groups -OCH3 is 2. The second-order valence-corrected chi connectivity index (χ2v) is 8.81. The number of carbonyl (C=O) groups is 2. The predicted octanol–water partition coefficient (Wildman–Crippen LogP) is 5.68. The van der Waals surface area contributed by atoms with Gasteiger partial charge in [0.1, 0.15) is 28.5 Å². The van der Waals surface area contributed by atoms with E-state index < -0.39 is 28.8 Å². The lowest BCUT2D eigenvalue weighted by Gasteiger charge is -2.17. The predicted molar refractivity (Wildman–Crippen MR) is 146 cm³/mol. The number of carbonyl (C=O) groups excluding carboxylic acids is 2. The number of nitrogens with zero attached hydrogens (tertiary/aromatic N) is 1. The summed E-state index contributed by atoms with van der Waals surface area (Å²) in [5.74, 6) is -0.0779. The van der Waals surface area contributed by atoms with Crippen LogP contribution < -0.4 is 24.8 Å². The van der Waals surface area contributed by atoms with E-state index in [1.165, 1.54) is 20.3 Å². The first kappa shape index (κ1) is 27.2. The molecule has 0 aromatic heterocycles. The third-order valence-electron chi connectivity index (χ3n) is 6.37. The normalized spacial score (nSPS) is 13.7. The zero-order valence-corrected chi connectivity index (χ0v) is 21.7. The Labute approximate surface area is 224 Å². The van der Waals surface area contributed by atoms with E-state index in [1.54, 1.807) is 42.5 Å². The van der Waals surface area contributed by atoms with Crippen molar-refractivity contribution in [3.63, 3.8) is 0 Å². The molecule has 0 aliphatic heterocycles. The lowest BCUT2D eigenvalue weighted by Crippen LogP contribution is -2.35. The topological polar surface area (TPSA) is 118 Å². The number of aromatic hydroxyl groups is 1. The van der Waals surface area contributed by atoms with Crippen molar-refractivity contribution in [2.45, 2.75) is 19.8 Å². The summed E-state index contributed by atoms with van der Waals surface area (Å²) >= 11 is 0. The van der Waals surface area contributed by atoms with Crippen molar-refractivity contribution in [3.05, 3.63) is 72.1 Å². The molecule has 10 heteroatoms. The Balaban J connectivity index is 1.44. The Hall–Kier alpha value is -4.86. The molecule has 3 aromatic rings. The molecule has 0 heterocycles. The van der Waals surface area contributed by atoms with Gasteiger partial charge in [0.05, 0.1) is 25.6 Å². The van der Waals surface area contributed by atoms with Crippen LogP contribution in [0.5, 0.6) is 23.0 Å². The van der Waals surface area contributed by atoms with E-state index in [9.17, 15) is 19.1 Å². The van der Waals surface area contributed by atoms with Crippen LogP contribution in [0.15, 0.2) is 65.7 Å². The van der Waals surface area contributed by atoms with Crippen LogP contribution in [0.4, 0.5) is 21.5 Å². The van der Waals surface area contributed by atoms with Crippen LogP contribution in [-0.2, 0) is 9.59 Å². The van der Waals surface area contributed by atoms with Crippen molar-refractivity contribution in [1.29, 1.82) is 0 Å². The lowest BCUT2D eigenvalue weighted by molar-refractivity contribution is -0.131. The molecule has 1 fully saturated rings. The van der Waals surface area contributed by atoms with E-state index in [2.05, 4.69) is 22.3 Å². The number of hydrogen-bond acceptors (Lipinski definition) is 7. The van der Waals surface area contributed by atoms with Crippen molar-refractivity contribution in [1.82, 2.24) is 0 Å². The number of nitrogens with one attached hydrogen (secondary N) is 2. The Kier molecular flexibility index (Phi) is 7.85. The number of benzene rings is 3. The van der Waals surface area contributed by atoms with Crippen molar-refractivity contribution in [3.8, 4) is 23.0 Å². The monoisotopic (exact) mass is 533 g/mol. The Morgan fingerprint density at radius 3 is 2.21 bits per heavy atom. The van der Waals surface area contributed by atoms with Gasteiger partial charge in [-0.1, -0.05) is 0 Å². The summed E-state index contributed by atoms with van der Waals surface area (Å²) in [7, 11) is 3.07. The highest BCUT2D eigenvalue weighted by Gasteiger charge is 2.56. The first-order valence-electron chi connectivity index (χ1n) is 12.0. The number of amides is 2. The van der Waals surface area contributed by atoms with Crippen LogP contribution in [0.3, 0.4) is 0 Å². The molecule has 0 saturated heterocycles. The third kappa shape index (κ3) is 5.69. The maximum absolute atomic E-state index is 13.2. The first-order valence-corrected chi connectivity index (χ1v) is 12.0. The van der Waals surface area contributed by atoms with E-state index in [1.807, 2.05) is 6.92 Å². The molecule has 0 radical (unpaired) electrons. The smallest absolute Gasteiger partial charge is 0.240 e. The summed E-state index contributed by atoms with van der Waals surface area (Å²) in [6.07, 6.45) is 2.48. The maximum Gasteiger partial charge on any atom is 0.240 e. The minimum atomic E-state index is -1.27. The minimum Gasteiger partial charge on any atom is -0.506 e. The molecular formula is C29H28FN3O6. The van der Waals surface area contributed by atoms with Gasteiger partial charge in [-0.2, -0.15) is 0 Å². The maximum atomic E-state index is 13.2. The minimum absolute atomic E-state index is 0.0334. The number of anilines is 2. The number of aliphatic imine (C=N–C) groups is 1. The Bertz CT molecular complexity index is 1450. The van der Waals surface area contributed by atoms with Crippen molar-refractivity contribution in [2.24, 2.45) is 10.4 Å². The standard InChI is InChI=1S/C29H28FN3O6/c1-5-24(20-15-25(37-3)26(38-4)16-22(20)31-2)39-19-9-7-18(8-10-19)32-27(35)29(12-13-29)28(36)33-21-11-6-17(30)14-23(21)34/h5-11,14-16,34H,2,12-13H2,1,3-4H3,(H,32,35)(H,33,36)/b24-5+. The van der Waals surface area contributed by atoms with Gasteiger partial charge in [-0.25, -0.2) is 4.39 Å². The summed E-state index contributed by atoms with van der Waals surface area (Å²) < 4.78 is 30.0. The van der Waals surface area contributed by atoms with Crippen LogP contribution >= 0.6 is 0 Å². The molecule has 0 bridgehead atoms. The zero-order chi connectivity index (χ0) is 28.2. The molecule has 1 saturated carbocycles. The number of phenols is 1. The molecule has 39 heavy (non-hydrogen) atoms. The van der Waals surface area contributed by atoms with Gasteiger partial charge < -0.3 is 30.0 Å². The molecule has 4 rings (SSSR count). The molecule has 2 amide bonds. The summed E-state index contributed by atoms with van der Waals surface area (Å²) in [5, 5.41) is 15.1. The molecule has 1 aliphatic carbocycles. The molecule has 202 valence electrons. The Morgan fingerprint density at radius 2 is 1.64 bits per heavy atom. The SMILES string of the molecule is C=Nc1cc(OC)c(OC)cc1/C(=C\C)Oc1ccc(NC(=O)C2(C(=O)Nc3ccc(F)cc3O)CC2)cc1. The van der Waals surface area contributed by atoms with Crippen LogP contribution in [0.2, 0.25) is 0 Å². The molecule has 3 N–H and O–H groups in total. The number of halogens is 1. The highest BCUT2D eigenvalue weighted by molar-refractivity contribution is 6.17. The van der Waals surface area contributed by atoms with Gasteiger partial charge in [0.15, 0.2) is 11.5 Å². The van der Waals surface area contributed by atoms with E-state index in [4.69, 9.17) is 14.2 Å². The fourth-order valence-corrected chi connectivity index (χ4v) is 3.98. The van der Waals surface area contributed by atoms with Gasteiger partial charge in [0.25, 0.3) is 0 Å². The Morgan fingerprint density at radius 1 is 1.00 bits per heavy atom. The molecule has 0 spiro atoms. The summed E-state index contributed by atoms with van der Waals surface area (Å²) in [6.45, 7) is 5.45. The molecule has 9 nitrogen and oxygen atoms in total. The highest BCUT2D eigenvalue weighted by atomic mass is 19.1. The molecular weight excluding hydrogens is 505 g/mol. The van der Waals surface area contributed by atoms with E-state index in [0.717, 1.165) is 12.1 Å². The van der Waals surface area contributed by atoms with Crippen molar-refractivity contribution in [2.75, 3.05) is 24.9 Å². The average Bonchev–Trinajstić information content (AvgIpc) is 3.76. The number of rotatable bonds is 10. The summed E-state index contributed by atoms with van der Waals surface area (Å²) in [6, 6.07) is 13.4. The van der Waals surface area contributed by atoms with E-state index >= 15 is 0 Å². The van der Waals surface area contributed by atoms with E-state index in [-0.39, 0.29) is 5.69 Å².